The Bertz CT molecular complexity index is 505. The van der Waals surface area contributed by atoms with E-state index in [1.807, 2.05) is 18.2 Å². The van der Waals surface area contributed by atoms with Gasteiger partial charge in [0.05, 0.1) is 6.54 Å². The number of amides is 1. The fraction of sp³-hybridized carbons (Fsp3) is 0.588. The van der Waals surface area contributed by atoms with E-state index in [0.29, 0.717) is 11.6 Å². The number of hydrogen-bond donors (Lipinski definition) is 1. The van der Waals surface area contributed by atoms with Crippen molar-refractivity contribution in [3.05, 3.63) is 29.3 Å². The average molecular weight is 307 g/mol. The Morgan fingerprint density at radius 1 is 1.24 bits per heavy atom. The van der Waals surface area contributed by atoms with Crippen molar-refractivity contribution in [1.82, 2.24) is 4.90 Å². The zero-order chi connectivity index (χ0) is 14.7. The number of benzene rings is 1. The van der Waals surface area contributed by atoms with Gasteiger partial charge < -0.3 is 5.32 Å². The Balaban J connectivity index is 1.51. The van der Waals surface area contributed by atoms with Gasteiger partial charge in [0.25, 0.3) is 0 Å². The highest BCUT2D eigenvalue weighted by Crippen LogP contribution is 2.35. The van der Waals surface area contributed by atoms with Crippen molar-refractivity contribution in [3.63, 3.8) is 0 Å². The molecule has 4 heteroatoms. The van der Waals surface area contributed by atoms with Crippen LogP contribution in [0.1, 0.15) is 32.1 Å². The Morgan fingerprint density at radius 2 is 2.05 bits per heavy atom. The molecule has 114 valence electrons. The quantitative estimate of drug-likeness (QED) is 0.921. The van der Waals surface area contributed by atoms with Gasteiger partial charge in [-0.15, -0.1) is 0 Å². The standard InChI is InChI=1S/C17H23ClN2O/c18-15-6-3-7-16(10-15)19-17(21)12-20-9-8-13-4-1-2-5-14(13)11-20/h3,6-7,10,13-14H,1-2,4-5,8-9,11-12H2,(H,19,21)/t13-,14+/m1/s1. The van der Waals surface area contributed by atoms with E-state index in [2.05, 4.69) is 10.2 Å². The highest BCUT2D eigenvalue weighted by Gasteiger charge is 2.31. The molecule has 1 saturated heterocycles. The molecule has 0 spiro atoms. The molecule has 1 amide bonds. The maximum atomic E-state index is 12.2. The van der Waals surface area contributed by atoms with Crippen molar-refractivity contribution in [2.75, 3.05) is 25.0 Å². The molecule has 3 nitrogen and oxygen atoms in total. The summed E-state index contributed by atoms with van der Waals surface area (Å²) >= 11 is 5.93. The van der Waals surface area contributed by atoms with E-state index in [1.165, 1.54) is 32.1 Å². The molecule has 1 N–H and O–H groups in total. The number of fused-ring (bicyclic) bond motifs is 1. The van der Waals surface area contributed by atoms with Crippen molar-refractivity contribution in [3.8, 4) is 0 Å². The van der Waals surface area contributed by atoms with Gasteiger partial charge in [-0.3, -0.25) is 9.69 Å². The monoisotopic (exact) mass is 306 g/mol. The molecule has 1 aromatic carbocycles. The van der Waals surface area contributed by atoms with Gasteiger partial charge in [-0.05, 0) is 49.4 Å². The fourth-order valence-corrected chi connectivity index (χ4v) is 3.98. The van der Waals surface area contributed by atoms with Gasteiger partial charge in [-0.2, -0.15) is 0 Å². The van der Waals surface area contributed by atoms with Crippen molar-refractivity contribution in [2.45, 2.75) is 32.1 Å². The van der Waals surface area contributed by atoms with Crippen molar-refractivity contribution >= 4 is 23.2 Å². The Labute approximate surface area is 131 Å². The molecular weight excluding hydrogens is 284 g/mol. The number of carbonyl (C=O) groups is 1. The normalized spacial score (nSPS) is 26.1. The lowest BCUT2D eigenvalue weighted by molar-refractivity contribution is -0.118. The van der Waals surface area contributed by atoms with E-state index in [1.54, 1.807) is 6.07 Å². The predicted molar refractivity (Wildman–Crippen MR) is 86.6 cm³/mol. The molecule has 2 aliphatic rings. The smallest absolute Gasteiger partial charge is 0.238 e. The third kappa shape index (κ3) is 3.98. The maximum absolute atomic E-state index is 12.2. The summed E-state index contributed by atoms with van der Waals surface area (Å²) in [4.78, 5) is 14.5. The molecule has 1 aliphatic heterocycles. The molecule has 1 aliphatic carbocycles. The van der Waals surface area contributed by atoms with Crippen LogP contribution >= 0.6 is 11.6 Å². The lowest BCUT2D eigenvalue weighted by Crippen LogP contribution is -2.44. The topological polar surface area (TPSA) is 32.3 Å². The van der Waals surface area contributed by atoms with E-state index in [-0.39, 0.29) is 5.91 Å². The summed E-state index contributed by atoms with van der Waals surface area (Å²) in [5.41, 5.74) is 0.778. The summed E-state index contributed by atoms with van der Waals surface area (Å²) in [5.74, 6) is 1.78. The first-order valence-electron chi connectivity index (χ1n) is 7.98. The molecule has 0 unspecified atom stereocenters. The summed E-state index contributed by atoms with van der Waals surface area (Å²) in [7, 11) is 0. The van der Waals surface area contributed by atoms with Crippen LogP contribution in [0.5, 0.6) is 0 Å². The Hall–Kier alpha value is -1.06. The number of hydrogen-bond acceptors (Lipinski definition) is 2. The van der Waals surface area contributed by atoms with Crippen LogP contribution in [0.15, 0.2) is 24.3 Å². The molecular formula is C17H23ClN2O. The number of halogens is 1. The molecule has 3 rings (SSSR count). The minimum absolute atomic E-state index is 0.0616. The van der Waals surface area contributed by atoms with Crippen molar-refractivity contribution in [1.29, 1.82) is 0 Å². The summed E-state index contributed by atoms with van der Waals surface area (Å²) in [6, 6.07) is 7.32. The molecule has 2 atom stereocenters. The van der Waals surface area contributed by atoms with Gasteiger partial charge in [0.15, 0.2) is 0 Å². The maximum Gasteiger partial charge on any atom is 0.238 e. The van der Waals surface area contributed by atoms with Gasteiger partial charge in [-0.25, -0.2) is 0 Å². The largest absolute Gasteiger partial charge is 0.325 e. The SMILES string of the molecule is O=C(CN1CC[C@H]2CCCC[C@H]2C1)Nc1cccc(Cl)c1. The van der Waals surface area contributed by atoms with Crippen molar-refractivity contribution in [2.24, 2.45) is 11.8 Å². The Kier molecular flexibility index (Phi) is 4.81. The number of carbonyl (C=O) groups excluding carboxylic acids is 1. The summed E-state index contributed by atoms with van der Waals surface area (Å²) in [6.07, 6.45) is 6.76. The lowest BCUT2D eigenvalue weighted by atomic mass is 9.75. The van der Waals surface area contributed by atoms with Crippen molar-refractivity contribution < 1.29 is 4.79 Å². The van der Waals surface area contributed by atoms with E-state index in [4.69, 9.17) is 11.6 Å². The molecule has 0 radical (unpaired) electrons. The lowest BCUT2D eigenvalue weighted by Gasteiger charge is -2.41. The Morgan fingerprint density at radius 3 is 2.86 bits per heavy atom. The van der Waals surface area contributed by atoms with Gasteiger partial charge in [-0.1, -0.05) is 36.9 Å². The third-order valence-corrected chi connectivity index (χ3v) is 5.09. The van der Waals surface area contributed by atoms with E-state index in [9.17, 15) is 4.79 Å². The average Bonchev–Trinajstić information content (AvgIpc) is 2.47. The highest BCUT2D eigenvalue weighted by molar-refractivity contribution is 6.30. The zero-order valence-electron chi connectivity index (χ0n) is 12.4. The van der Waals surface area contributed by atoms with Crippen LogP contribution in [-0.4, -0.2) is 30.4 Å². The van der Waals surface area contributed by atoms with E-state index in [0.717, 1.165) is 30.6 Å². The van der Waals surface area contributed by atoms with Gasteiger partial charge in [0.1, 0.15) is 0 Å². The number of piperidine rings is 1. The van der Waals surface area contributed by atoms with Gasteiger partial charge in [0, 0.05) is 17.3 Å². The van der Waals surface area contributed by atoms with Crippen LogP contribution in [0.4, 0.5) is 5.69 Å². The molecule has 1 saturated carbocycles. The van der Waals surface area contributed by atoms with E-state index >= 15 is 0 Å². The molecule has 21 heavy (non-hydrogen) atoms. The minimum Gasteiger partial charge on any atom is -0.325 e. The fourth-order valence-electron chi connectivity index (χ4n) is 3.79. The predicted octanol–water partition coefficient (Wildman–Crippen LogP) is 3.79. The number of nitrogens with zero attached hydrogens (tertiary/aromatic N) is 1. The molecule has 1 heterocycles. The third-order valence-electron chi connectivity index (χ3n) is 4.85. The number of nitrogens with one attached hydrogen (secondary N) is 1. The summed E-state index contributed by atoms with van der Waals surface area (Å²) in [5, 5.41) is 3.59. The van der Waals surface area contributed by atoms with Gasteiger partial charge >= 0.3 is 0 Å². The second-order valence-corrected chi connectivity index (χ2v) is 6.82. The number of anilines is 1. The van der Waals surface area contributed by atoms with Gasteiger partial charge in [0.2, 0.25) is 5.91 Å². The first-order chi connectivity index (χ1) is 10.2. The second-order valence-electron chi connectivity index (χ2n) is 6.39. The molecule has 0 bridgehead atoms. The summed E-state index contributed by atoms with van der Waals surface area (Å²) < 4.78 is 0. The van der Waals surface area contributed by atoms with Crippen LogP contribution in [-0.2, 0) is 4.79 Å². The first kappa shape index (κ1) is 14.9. The van der Waals surface area contributed by atoms with Crippen LogP contribution in [0.3, 0.4) is 0 Å². The van der Waals surface area contributed by atoms with Crippen LogP contribution in [0.2, 0.25) is 5.02 Å². The number of rotatable bonds is 3. The van der Waals surface area contributed by atoms with E-state index < -0.39 is 0 Å². The second kappa shape index (κ2) is 6.80. The molecule has 0 aromatic heterocycles. The molecule has 1 aromatic rings. The summed E-state index contributed by atoms with van der Waals surface area (Å²) in [6.45, 7) is 2.65. The highest BCUT2D eigenvalue weighted by atomic mass is 35.5. The van der Waals surface area contributed by atoms with Crippen LogP contribution in [0, 0.1) is 11.8 Å². The first-order valence-corrected chi connectivity index (χ1v) is 8.36. The zero-order valence-corrected chi connectivity index (χ0v) is 13.1. The minimum atomic E-state index is 0.0616. The van der Waals surface area contributed by atoms with Crippen LogP contribution in [0.25, 0.3) is 0 Å². The number of likely N-dealkylation sites (tertiary alicyclic amines) is 1. The van der Waals surface area contributed by atoms with Crippen LogP contribution < -0.4 is 5.32 Å². The molecule has 2 fully saturated rings.